The van der Waals surface area contributed by atoms with Crippen LogP contribution in [0.15, 0.2) is 70.0 Å². The van der Waals surface area contributed by atoms with Gasteiger partial charge in [-0.3, -0.25) is 25.2 Å². The molecule has 0 fully saturated rings. The summed E-state index contributed by atoms with van der Waals surface area (Å²) < 4.78 is 1.87. The minimum absolute atomic E-state index is 0.0292. The molecule has 0 N–H and O–H groups in total. The molecule has 0 unspecified atom stereocenters. The highest BCUT2D eigenvalue weighted by molar-refractivity contribution is 8.00. The first-order valence-corrected chi connectivity index (χ1v) is 11.9. The summed E-state index contributed by atoms with van der Waals surface area (Å²) in [6.45, 7) is 0. The molecular formula is C23H19N5O4S2. The largest absolute Gasteiger partial charge is 0.372 e. The number of thiazole rings is 1. The fourth-order valence-corrected chi connectivity index (χ4v) is 5.24. The van der Waals surface area contributed by atoms with Crippen LogP contribution in [0.2, 0.25) is 0 Å². The molecule has 0 radical (unpaired) electrons. The summed E-state index contributed by atoms with van der Waals surface area (Å²) in [5.41, 5.74) is 3.85. The smallest absolute Gasteiger partial charge is 0.293 e. The van der Waals surface area contributed by atoms with Gasteiger partial charge in [0.15, 0.2) is 4.34 Å². The van der Waals surface area contributed by atoms with E-state index < -0.39 is 9.85 Å². The van der Waals surface area contributed by atoms with Gasteiger partial charge in [-0.05, 0) is 35.4 Å². The zero-order chi connectivity index (χ0) is 24.2. The molecular weight excluding hydrogens is 474 g/mol. The number of fused-ring (bicyclic) bond motifs is 1. The third-order valence-corrected chi connectivity index (χ3v) is 7.13. The highest BCUT2D eigenvalue weighted by atomic mass is 32.2. The van der Waals surface area contributed by atoms with E-state index in [-0.39, 0.29) is 11.4 Å². The van der Waals surface area contributed by atoms with Crippen molar-refractivity contribution in [2.75, 3.05) is 19.0 Å². The first kappa shape index (κ1) is 23.3. The van der Waals surface area contributed by atoms with Crippen molar-refractivity contribution in [2.45, 2.75) is 10.1 Å². The van der Waals surface area contributed by atoms with E-state index in [1.807, 2.05) is 18.2 Å². The lowest BCUT2D eigenvalue weighted by molar-refractivity contribution is -0.384. The van der Waals surface area contributed by atoms with Gasteiger partial charge in [0.2, 0.25) is 0 Å². The first-order chi connectivity index (χ1) is 16.3. The van der Waals surface area contributed by atoms with Gasteiger partial charge in [0, 0.05) is 44.3 Å². The predicted octanol–water partition coefficient (Wildman–Crippen LogP) is 6.22. The third-order valence-electron chi connectivity index (χ3n) is 4.90. The molecule has 0 saturated carbocycles. The molecule has 9 nitrogen and oxygen atoms in total. The van der Waals surface area contributed by atoms with Crippen molar-refractivity contribution in [1.29, 1.82) is 0 Å². The number of anilines is 1. The first-order valence-electron chi connectivity index (χ1n) is 10.1. The number of nitro benzene ring substituents is 2. The van der Waals surface area contributed by atoms with E-state index in [4.69, 9.17) is 0 Å². The number of aliphatic imine (C=N–C) groups is 1. The summed E-state index contributed by atoms with van der Waals surface area (Å²) in [7, 11) is 3.53. The van der Waals surface area contributed by atoms with Crippen molar-refractivity contribution in [2.24, 2.45) is 4.99 Å². The van der Waals surface area contributed by atoms with Gasteiger partial charge in [-0.15, -0.1) is 11.3 Å². The van der Waals surface area contributed by atoms with Crippen LogP contribution >= 0.6 is 23.1 Å². The zero-order valence-corrected chi connectivity index (χ0v) is 19.9. The number of rotatable bonds is 8. The van der Waals surface area contributed by atoms with Crippen LogP contribution in [0.1, 0.15) is 11.1 Å². The van der Waals surface area contributed by atoms with Crippen LogP contribution in [0.25, 0.3) is 10.2 Å². The van der Waals surface area contributed by atoms with Crippen molar-refractivity contribution in [3.8, 4) is 0 Å². The van der Waals surface area contributed by atoms with Gasteiger partial charge in [0.05, 0.1) is 25.8 Å². The normalized spacial score (nSPS) is 11.2. The van der Waals surface area contributed by atoms with E-state index in [0.29, 0.717) is 17.0 Å². The van der Waals surface area contributed by atoms with Crippen LogP contribution in [0.3, 0.4) is 0 Å². The van der Waals surface area contributed by atoms with Gasteiger partial charge in [0.25, 0.3) is 11.4 Å². The molecule has 4 aromatic rings. The van der Waals surface area contributed by atoms with E-state index >= 15 is 0 Å². The SMILES string of the molecule is CN(C)c1ccc(C=Nc2ccc3nc(SCc4ccc([N+](=O)[O-])cc4)sc3c2)cc1[N+](=O)[O-]. The maximum Gasteiger partial charge on any atom is 0.293 e. The highest BCUT2D eigenvalue weighted by Crippen LogP contribution is 2.34. The highest BCUT2D eigenvalue weighted by Gasteiger charge is 2.15. The second-order valence-electron chi connectivity index (χ2n) is 7.50. The summed E-state index contributed by atoms with van der Waals surface area (Å²) in [5.74, 6) is 0.657. The molecule has 1 heterocycles. The predicted molar refractivity (Wildman–Crippen MR) is 137 cm³/mol. The Morgan fingerprint density at radius 1 is 1.03 bits per heavy atom. The van der Waals surface area contributed by atoms with E-state index in [2.05, 4.69) is 9.98 Å². The summed E-state index contributed by atoms with van der Waals surface area (Å²) in [6.07, 6.45) is 1.61. The second-order valence-corrected chi connectivity index (χ2v) is 9.76. The minimum Gasteiger partial charge on any atom is -0.372 e. The molecule has 0 aliphatic heterocycles. The standard InChI is InChI=1S/C23H19N5O4S2/c1-26(2)20-10-5-16(11-21(20)28(31)32)13-24-17-6-9-19-22(12-17)34-23(25-19)33-14-15-3-7-18(8-4-15)27(29)30/h3-13H,14H2,1-2H3. The minimum atomic E-state index is -0.412. The zero-order valence-electron chi connectivity index (χ0n) is 18.2. The van der Waals surface area contributed by atoms with Gasteiger partial charge in [-0.1, -0.05) is 30.0 Å². The molecule has 0 amide bonds. The molecule has 0 atom stereocenters. The number of non-ortho nitro benzene ring substituents is 1. The number of hydrogen-bond donors (Lipinski definition) is 0. The maximum absolute atomic E-state index is 11.4. The number of nitro groups is 2. The lowest BCUT2D eigenvalue weighted by Gasteiger charge is -2.12. The lowest BCUT2D eigenvalue weighted by atomic mass is 10.1. The Balaban J connectivity index is 1.48. The van der Waals surface area contributed by atoms with Crippen molar-refractivity contribution >= 4 is 62.3 Å². The molecule has 1 aromatic heterocycles. The van der Waals surface area contributed by atoms with E-state index in [0.717, 1.165) is 25.8 Å². The van der Waals surface area contributed by atoms with Crippen molar-refractivity contribution < 1.29 is 9.85 Å². The van der Waals surface area contributed by atoms with Gasteiger partial charge in [-0.25, -0.2) is 4.98 Å². The number of benzene rings is 3. The Hall–Kier alpha value is -3.83. The lowest BCUT2D eigenvalue weighted by Crippen LogP contribution is -2.11. The van der Waals surface area contributed by atoms with Gasteiger partial charge in [0.1, 0.15) is 5.69 Å². The second kappa shape index (κ2) is 9.98. The van der Waals surface area contributed by atoms with Crippen molar-refractivity contribution in [3.05, 3.63) is 92.0 Å². The van der Waals surface area contributed by atoms with Crippen LogP contribution in [0.4, 0.5) is 22.7 Å². The fraction of sp³-hybridized carbons (Fsp3) is 0.130. The Morgan fingerprint density at radius 2 is 1.79 bits per heavy atom. The van der Waals surface area contributed by atoms with Crippen LogP contribution in [-0.2, 0) is 5.75 Å². The number of thioether (sulfide) groups is 1. The molecule has 0 bridgehead atoms. The quantitative estimate of drug-likeness (QED) is 0.124. The molecule has 172 valence electrons. The Bertz CT molecular complexity index is 1400. The molecule has 11 heteroatoms. The summed E-state index contributed by atoms with van der Waals surface area (Å²) in [5, 5.41) is 22.2. The average molecular weight is 494 g/mol. The molecule has 34 heavy (non-hydrogen) atoms. The van der Waals surface area contributed by atoms with Crippen molar-refractivity contribution in [3.63, 3.8) is 0 Å². The Morgan fingerprint density at radius 3 is 2.47 bits per heavy atom. The van der Waals surface area contributed by atoms with E-state index in [1.165, 1.54) is 18.2 Å². The summed E-state index contributed by atoms with van der Waals surface area (Å²) >= 11 is 3.12. The van der Waals surface area contributed by atoms with Gasteiger partial charge in [-0.2, -0.15) is 0 Å². The average Bonchev–Trinajstić information content (AvgIpc) is 3.23. The summed E-state index contributed by atoms with van der Waals surface area (Å²) in [6, 6.07) is 17.2. The molecule has 0 spiro atoms. The number of aromatic nitrogens is 1. The maximum atomic E-state index is 11.4. The van der Waals surface area contributed by atoms with Crippen LogP contribution in [-0.4, -0.2) is 35.1 Å². The van der Waals surface area contributed by atoms with Crippen LogP contribution < -0.4 is 4.90 Å². The van der Waals surface area contributed by atoms with Gasteiger partial charge >= 0.3 is 0 Å². The van der Waals surface area contributed by atoms with Crippen LogP contribution in [0.5, 0.6) is 0 Å². The fourth-order valence-electron chi connectivity index (χ4n) is 3.19. The molecule has 4 rings (SSSR count). The third kappa shape index (κ3) is 5.38. The molecule has 0 aliphatic rings. The Kier molecular flexibility index (Phi) is 6.85. The molecule has 3 aromatic carbocycles. The van der Waals surface area contributed by atoms with E-state index in [9.17, 15) is 20.2 Å². The number of nitrogens with zero attached hydrogens (tertiary/aromatic N) is 5. The monoisotopic (exact) mass is 493 g/mol. The summed E-state index contributed by atoms with van der Waals surface area (Å²) in [4.78, 5) is 32.2. The van der Waals surface area contributed by atoms with Crippen LogP contribution in [0, 0.1) is 20.2 Å². The topological polar surface area (TPSA) is 115 Å². The van der Waals surface area contributed by atoms with E-state index in [1.54, 1.807) is 72.6 Å². The van der Waals surface area contributed by atoms with Gasteiger partial charge < -0.3 is 4.90 Å². The number of hydrogen-bond acceptors (Lipinski definition) is 9. The van der Waals surface area contributed by atoms with Crippen molar-refractivity contribution in [1.82, 2.24) is 4.98 Å². The molecule has 0 aliphatic carbocycles. The molecule has 0 saturated heterocycles. The Labute approximate surface area is 203 Å².